The maximum absolute atomic E-state index is 13.2. The molecular formula is C14H15FN2O. The summed E-state index contributed by atoms with van der Waals surface area (Å²) in [7, 11) is 0. The molecule has 0 saturated heterocycles. The number of aryl methyl sites for hydroxylation is 1. The second-order valence-electron chi connectivity index (χ2n) is 4.20. The highest BCUT2D eigenvalue weighted by Crippen LogP contribution is 2.28. The first-order chi connectivity index (χ1) is 8.58. The lowest BCUT2D eigenvalue weighted by atomic mass is 10.1. The van der Waals surface area contributed by atoms with E-state index in [0.717, 1.165) is 11.1 Å². The molecule has 0 spiro atoms. The zero-order valence-electron chi connectivity index (χ0n) is 10.4. The summed E-state index contributed by atoms with van der Waals surface area (Å²) in [5.41, 5.74) is 7.48. The van der Waals surface area contributed by atoms with Crippen molar-refractivity contribution in [1.29, 1.82) is 0 Å². The average molecular weight is 246 g/mol. The highest BCUT2D eigenvalue weighted by Gasteiger charge is 2.11. The number of nitrogens with two attached hydrogens (primary N) is 1. The molecule has 0 radical (unpaired) electrons. The molecule has 3 nitrogen and oxygen atoms in total. The van der Waals surface area contributed by atoms with Crippen LogP contribution in [0.25, 0.3) is 0 Å². The minimum atomic E-state index is -0.339. The molecule has 2 N–H and O–H groups in total. The Bertz CT molecular complexity index is 555. The Labute approximate surface area is 105 Å². The van der Waals surface area contributed by atoms with Gasteiger partial charge in [0.05, 0.1) is 0 Å². The van der Waals surface area contributed by atoms with Crippen molar-refractivity contribution in [3.05, 3.63) is 53.5 Å². The average Bonchev–Trinajstić information content (AvgIpc) is 2.34. The summed E-state index contributed by atoms with van der Waals surface area (Å²) in [6.45, 7) is 3.70. The number of hydrogen-bond acceptors (Lipinski definition) is 3. The Morgan fingerprint density at radius 1 is 1.33 bits per heavy atom. The van der Waals surface area contributed by atoms with Crippen LogP contribution in [0.15, 0.2) is 36.5 Å². The lowest BCUT2D eigenvalue weighted by Crippen LogP contribution is -2.07. The summed E-state index contributed by atoms with van der Waals surface area (Å²) in [6, 6.07) is 7.86. The molecule has 0 saturated carbocycles. The number of aromatic nitrogens is 1. The van der Waals surface area contributed by atoms with Crippen LogP contribution < -0.4 is 10.5 Å². The minimum Gasteiger partial charge on any atom is -0.438 e. The van der Waals surface area contributed by atoms with E-state index < -0.39 is 0 Å². The number of benzene rings is 1. The maximum atomic E-state index is 13.2. The number of rotatable bonds is 3. The summed E-state index contributed by atoms with van der Waals surface area (Å²) >= 11 is 0. The fraction of sp³-hybridized carbons (Fsp3) is 0.214. The maximum Gasteiger partial charge on any atom is 0.223 e. The molecule has 1 heterocycles. The van der Waals surface area contributed by atoms with Crippen molar-refractivity contribution in [1.82, 2.24) is 4.98 Å². The summed E-state index contributed by atoms with van der Waals surface area (Å²) in [5.74, 6) is 0.533. The summed E-state index contributed by atoms with van der Waals surface area (Å²) < 4.78 is 18.8. The van der Waals surface area contributed by atoms with Crippen molar-refractivity contribution in [2.45, 2.75) is 19.9 Å². The van der Waals surface area contributed by atoms with Crippen molar-refractivity contribution >= 4 is 0 Å². The van der Waals surface area contributed by atoms with Crippen LogP contribution in [-0.4, -0.2) is 4.98 Å². The number of halogens is 1. The van der Waals surface area contributed by atoms with Gasteiger partial charge < -0.3 is 10.5 Å². The van der Waals surface area contributed by atoms with Crippen molar-refractivity contribution in [2.24, 2.45) is 5.73 Å². The molecule has 18 heavy (non-hydrogen) atoms. The van der Waals surface area contributed by atoms with E-state index >= 15 is 0 Å². The molecule has 0 bridgehead atoms. The lowest BCUT2D eigenvalue weighted by molar-refractivity contribution is 0.444. The molecule has 0 amide bonds. The van der Waals surface area contributed by atoms with Crippen LogP contribution in [0.5, 0.6) is 11.6 Å². The smallest absolute Gasteiger partial charge is 0.223 e. The van der Waals surface area contributed by atoms with Crippen LogP contribution in [0.4, 0.5) is 4.39 Å². The van der Waals surface area contributed by atoms with Crippen LogP contribution in [0.2, 0.25) is 0 Å². The van der Waals surface area contributed by atoms with E-state index in [2.05, 4.69) is 4.98 Å². The third kappa shape index (κ3) is 2.65. The van der Waals surface area contributed by atoms with Crippen LogP contribution in [0, 0.1) is 12.7 Å². The molecule has 2 aromatic rings. The van der Waals surface area contributed by atoms with Gasteiger partial charge in [-0.2, -0.15) is 0 Å². The van der Waals surface area contributed by atoms with Gasteiger partial charge in [0.2, 0.25) is 5.88 Å². The Morgan fingerprint density at radius 2 is 2.11 bits per heavy atom. The van der Waals surface area contributed by atoms with Crippen molar-refractivity contribution in [3.8, 4) is 11.6 Å². The molecule has 4 heteroatoms. The summed E-state index contributed by atoms with van der Waals surface area (Å²) in [6.07, 6.45) is 1.62. The Balaban J connectivity index is 2.37. The number of ether oxygens (including phenoxy) is 1. The fourth-order valence-corrected chi connectivity index (χ4v) is 1.62. The van der Waals surface area contributed by atoms with Gasteiger partial charge in [0.1, 0.15) is 11.6 Å². The van der Waals surface area contributed by atoms with Crippen LogP contribution >= 0.6 is 0 Å². The second kappa shape index (κ2) is 5.14. The lowest BCUT2D eigenvalue weighted by Gasteiger charge is -2.13. The number of pyridine rings is 1. The molecule has 1 aromatic heterocycles. The monoisotopic (exact) mass is 246 g/mol. The van der Waals surface area contributed by atoms with E-state index in [1.807, 2.05) is 19.9 Å². The van der Waals surface area contributed by atoms with E-state index in [0.29, 0.717) is 11.6 Å². The molecule has 1 aromatic carbocycles. The number of nitrogens with zero attached hydrogens (tertiary/aromatic N) is 1. The fourth-order valence-electron chi connectivity index (χ4n) is 1.62. The van der Waals surface area contributed by atoms with E-state index in [9.17, 15) is 4.39 Å². The summed E-state index contributed by atoms with van der Waals surface area (Å²) in [5, 5.41) is 0. The van der Waals surface area contributed by atoms with Gasteiger partial charge in [-0.1, -0.05) is 12.1 Å². The molecule has 1 atom stereocenters. The van der Waals surface area contributed by atoms with Gasteiger partial charge >= 0.3 is 0 Å². The first kappa shape index (κ1) is 12.5. The Morgan fingerprint density at radius 3 is 2.83 bits per heavy atom. The number of hydrogen-bond donors (Lipinski definition) is 1. The third-order valence-corrected chi connectivity index (χ3v) is 2.65. The van der Waals surface area contributed by atoms with Crippen LogP contribution in [-0.2, 0) is 0 Å². The molecule has 0 aliphatic heterocycles. The van der Waals surface area contributed by atoms with Gasteiger partial charge in [-0.3, -0.25) is 0 Å². The van der Waals surface area contributed by atoms with Crippen molar-refractivity contribution < 1.29 is 9.13 Å². The topological polar surface area (TPSA) is 48.1 Å². The molecule has 0 fully saturated rings. The molecule has 0 aliphatic rings. The highest BCUT2D eigenvalue weighted by molar-refractivity contribution is 5.38. The minimum absolute atomic E-state index is 0.192. The zero-order valence-corrected chi connectivity index (χ0v) is 10.4. The normalized spacial score (nSPS) is 12.2. The molecular weight excluding hydrogens is 231 g/mol. The van der Waals surface area contributed by atoms with Crippen LogP contribution in [0.3, 0.4) is 0 Å². The SMILES string of the molecule is Cc1ccc(F)cc1Oc1ncccc1C(C)N. The Kier molecular flexibility index (Phi) is 3.58. The largest absolute Gasteiger partial charge is 0.438 e. The predicted octanol–water partition coefficient (Wildman–Crippen LogP) is 3.34. The Hall–Kier alpha value is -1.94. The van der Waals surface area contributed by atoms with E-state index in [-0.39, 0.29) is 11.9 Å². The molecule has 2 rings (SSSR count). The van der Waals surface area contributed by atoms with Gasteiger partial charge in [0.25, 0.3) is 0 Å². The standard InChI is InChI=1S/C14H15FN2O/c1-9-5-6-11(15)8-13(9)18-14-12(10(2)16)4-3-7-17-14/h3-8,10H,16H2,1-2H3. The van der Waals surface area contributed by atoms with Gasteiger partial charge in [-0.25, -0.2) is 9.37 Å². The van der Waals surface area contributed by atoms with Crippen molar-refractivity contribution in [2.75, 3.05) is 0 Å². The van der Waals surface area contributed by atoms with Crippen molar-refractivity contribution in [3.63, 3.8) is 0 Å². The third-order valence-electron chi connectivity index (χ3n) is 2.65. The second-order valence-corrected chi connectivity index (χ2v) is 4.20. The van der Waals surface area contributed by atoms with Gasteiger partial charge in [0, 0.05) is 23.9 Å². The zero-order chi connectivity index (χ0) is 13.1. The van der Waals surface area contributed by atoms with Gasteiger partial charge in [-0.05, 0) is 31.5 Å². The molecule has 0 aliphatic carbocycles. The van der Waals surface area contributed by atoms with E-state index in [4.69, 9.17) is 10.5 Å². The van der Waals surface area contributed by atoms with E-state index in [1.54, 1.807) is 18.3 Å². The first-order valence-corrected chi connectivity index (χ1v) is 5.72. The first-order valence-electron chi connectivity index (χ1n) is 5.72. The van der Waals surface area contributed by atoms with Gasteiger partial charge in [-0.15, -0.1) is 0 Å². The van der Waals surface area contributed by atoms with Gasteiger partial charge in [0.15, 0.2) is 0 Å². The van der Waals surface area contributed by atoms with E-state index in [1.165, 1.54) is 12.1 Å². The molecule has 1 unspecified atom stereocenters. The molecule has 94 valence electrons. The summed E-state index contributed by atoms with van der Waals surface area (Å²) in [4.78, 5) is 4.14. The van der Waals surface area contributed by atoms with Crippen LogP contribution in [0.1, 0.15) is 24.1 Å². The highest BCUT2D eigenvalue weighted by atomic mass is 19.1. The quantitative estimate of drug-likeness (QED) is 0.903. The predicted molar refractivity (Wildman–Crippen MR) is 68.1 cm³/mol.